The van der Waals surface area contributed by atoms with Crippen LogP contribution >= 0.6 is 23.7 Å². The van der Waals surface area contributed by atoms with Crippen LogP contribution in [0.25, 0.3) is 0 Å². The monoisotopic (exact) mass is 329 g/mol. The van der Waals surface area contributed by atoms with Gasteiger partial charge in [-0.05, 0) is 11.8 Å². The lowest BCUT2D eigenvalue weighted by Gasteiger charge is -2.15. The van der Waals surface area contributed by atoms with Gasteiger partial charge >= 0.3 is 0 Å². The molecule has 0 saturated heterocycles. The summed E-state index contributed by atoms with van der Waals surface area (Å²) in [5.74, 6) is 0.242. The van der Waals surface area contributed by atoms with Gasteiger partial charge in [0, 0.05) is 23.7 Å². The Bertz CT molecular complexity index is 602. The number of rotatable bonds is 4. The average Bonchev–Trinajstić information content (AvgIpc) is 2.96. The molecular formula is C13H20ClN5OS. The van der Waals surface area contributed by atoms with Crippen LogP contribution in [0, 0.1) is 5.41 Å². The van der Waals surface area contributed by atoms with Crippen LogP contribution in [0.2, 0.25) is 0 Å². The molecule has 2 heterocycles. The molecule has 6 nitrogen and oxygen atoms in total. The normalized spacial score (nSPS) is 11.0. The van der Waals surface area contributed by atoms with Gasteiger partial charge in [-0.15, -0.1) is 23.7 Å². The first-order valence-corrected chi connectivity index (χ1v) is 7.25. The van der Waals surface area contributed by atoms with Crippen LogP contribution in [0.1, 0.15) is 42.0 Å². The lowest BCUT2D eigenvalue weighted by molar-refractivity contribution is 0.102. The minimum Gasteiger partial charge on any atom is -0.325 e. The summed E-state index contributed by atoms with van der Waals surface area (Å²) in [6.45, 7) is 6.79. The van der Waals surface area contributed by atoms with Crippen LogP contribution in [0.15, 0.2) is 11.4 Å². The first-order chi connectivity index (χ1) is 9.37. The smallest absolute Gasteiger partial charge is 0.276 e. The number of amides is 1. The fourth-order valence-electron chi connectivity index (χ4n) is 1.78. The standard InChI is InChI=1S/C13H19N5OS.ClH/c1-13(2,3)5-8-4-10(18-17-8)16-12(19)9-7-20-11(6-14)15-9;/h4,7H,5-6,14H2,1-3H3,(H2,16,17,18,19);1H. The molecule has 2 aromatic rings. The number of halogens is 1. The van der Waals surface area contributed by atoms with Crippen LogP contribution in [-0.4, -0.2) is 21.1 Å². The molecule has 1 amide bonds. The van der Waals surface area contributed by atoms with E-state index in [9.17, 15) is 4.79 Å². The Labute approximate surface area is 134 Å². The molecule has 4 N–H and O–H groups in total. The van der Waals surface area contributed by atoms with Gasteiger partial charge in [0.1, 0.15) is 10.7 Å². The van der Waals surface area contributed by atoms with E-state index in [0.29, 0.717) is 18.1 Å². The van der Waals surface area contributed by atoms with Crippen molar-refractivity contribution in [3.8, 4) is 0 Å². The topological polar surface area (TPSA) is 96.7 Å². The van der Waals surface area contributed by atoms with Gasteiger partial charge in [0.25, 0.3) is 5.91 Å². The molecule has 8 heteroatoms. The number of aromatic nitrogens is 3. The Morgan fingerprint density at radius 3 is 2.76 bits per heavy atom. The molecule has 0 bridgehead atoms. The number of nitrogens with one attached hydrogen (secondary N) is 2. The van der Waals surface area contributed by atoms with Crippen molar-refractivity contribution >= 4 is 35.5 Å². The Kier molecular flexibility index (Phi) is 5.88. The van der Waals surface area contributed by atoms with Gasteiger partial charge in [-0.2, -0.15) is 5.10 Å². The quantitative estimate of drug-likeness (QED) is 0.803. The van der Waals surface area contributed by atoms with Crippen LogP contribution < -0.4 is 11.1 Å². The van der Waals surface area contributed by atoms with E-state index in [0.717, 1.165) is 17.1 Å². The number of hydrogen-bond donors (Lipinski definition) is 3. The molecular weight excluding hydrogens is 310 g/mol. The minimum absolute atomic E-state index is 0. The molecule has 0 unspecified atom stereocenters. The number of thiazole rings is 1. The van der Waals surface area contributed by atoms with E-state index in [-0.39, 0.29) is 23.7 Å². The second-order valence-corrected chi connectivity index (χ2v) is 6.74. The van der Waals surface area contributed by atoms with Crippen LogP contribution in [-0.2, 0) is 13.0 Å². The predicted octanol–water partition coefficient (Wildman–Crippen LogP) is 2.59. The van der Waals surface area contributed by atoms with E-state index < -0.39 is 0 Å². The molecule has 116 valence electrons. The number of aromatic amines is 1. The third kappa shape index (κ3) is 5.11. The average molecular weight is 330 g/mol. The number of carbonyl (C=O) groups excluding carboxylic acids is 1. The van der Waals surface area contributed by atoms with Crippen molar-refractivity contribution in [2.45, 2.75) is 33.7 Å². The van der Waals surface area contributed by atoms with Crippen molar-refractivity contribution in [2.75, 3.05) is 5.32 Å². The van der Waals surface area contributed by atoms with Gasteiger partial charge in [0.2, 0.25) is 0 Å². The number of anilines is 1. The summed E-state index contributed by atoms with van der Waals surface area (Å²) in [7, 11) is 0. The van der Waals surface area contributed by atoms with E-state index >= 15 is 0 Å². The van der Waals surface area contributed by atoms with Gasteiger partial charge in [-0.25, -0.2) is 4.98 Å². The molecule has 0 aliphatic rings. The molecule has 0 atom stereocenters. The van der Waals surface area contributed by atoms with Crippen molar-refractivity contribution < 1.29 is 4.79 Å². The third-order valence-electron chi connectivity index (χ3n) is 2.55. The number of nitrogens with zero attached hydrogens (tertiary/aromatic N) is 2. The van der Waals surface area contributed by atoms with Crippen molar-refractivity contribution in [2.24, 2.45) is 11.1 Å². The lowest BCUT2D eigenvalue weighted by atomic mass is 9.91. The van der Waals surface area contributed by atoms with E-state index in [1.807, 2.05) is 6.07 Å². The van der Waals surface area contributed by atoms with Crippen LogP contribution in [0.3, 0.4) is 0 Å². The Morgan fingerprint density at radius 2 is 2.19 bits per heavy atom. The summed E-state index contributed by atoms with van der Waals surface area (Å²) in [6.07, 6.45) is 0.865. The molecule has 0 radical (unpaired) electrons. The summed E-state index contributed by atoms with van der Waals surface area (Å²) in [5.41, 5.74) is 7.01. The zero-order valence-corrected chi connectivity index (χ0v) is 13.9. The molecule has 0 saturated carbocycles. The number of H-pyrrole nitrogens is 1. The van der Waals surface area contributed by atoms with E-state index in [1.165, 1.54) is 11.3 Å². The third-order valence-corrected chi connectivity index (χ3v) is 3.42. The highest BCUT2D eigenvalue weighted by molar-refractivity contribution is 7.09. The molecule has 0 aromatic carbocycles. The number of hydrogen-bond acceptors (Lipinski definition) is 5. The van der Waals surface area contributed by atoms with Crippen molar-refractivity contribution in [1.29, 1.82) is 0 Å². The van der Waals surface area contributed by atoms with Crippen LogP contribution in [0.5, 0.6) is 0 Å². The van der Waals surface area contributed by atoms with Crippen molar-refractivity contribution in [3.63, 3.8) is 0 Å². The summed E-state index contributed by atoms with van der Waals surface area (Å²) < 4.78 is 0. The van der Waals surface area contributed by atoms with E-state index in [1.54, 1.807) is 5.38 Å². The highest BCUT2D eigenvalue weighted by Gasteiger charge is 2.15. The SMILES string of the molecule is CC(C)(C)Cc1cc(NC(=O)c2csc(CN)n2)n[nH]1.Cl. The fourth-order valence-corrected chi connectivity index (χ4v) is 2.43. The molecule has 0 aliphatic carbocycles. The second-order valence-electron chi connectivity index (χ2n) is 5.80. The van der Waals surface area contributed by atoms with E-state index in [4.69, 9.17) is 5.73 Å². The maximum atomic E-state index is 12.0. The van der Waals surface area contributed by atoms with Gasteiger partial charge in [0.05, 0.1) is 0 Å². The largest absolute Gasteiger partial charge is 0.325 e. The highest BCUT2D eigenvalue weighted by Crippen LogP contribution is 2.20. The maximum absolute atomic E-state index is 12.0. The summed E-state index contributed by atoms with van der Waals surface area (Å²) in [4.78, 5) is 16.1. The minimum atomic E-state index is -0.269. The predicted molar refractivity (Wildman–Crippen MR) is 87.0 cm³/mol. The molecule has 0 aliphatic heterocycles. The maximum Gasteiger partial charge on any atom is 0.276 e. The lowest BCUT2D eigenvalue weighted by Crippen LogP contribution is -2.13. The fraction of sp³-hybridized carbons (Fsp3) is 0.462. The summed E-state index contributed by atoms with van der Waals surface area (Å²) in [5, 5.41) is 12.2. The number of carbonyl (C=O) groups is 1. The molecule has 2 rings (SSSR count). The summed E-state index contributed by atoms with van der Waals surface area (Å²) >= 11 is 1.38. The van der Waals surface area contributed by atoms with E-state index in [2.05, 4.69) is 41.3 Å². The second kappa shape index (κ2) is 7.02. The molecule has 0 fully saturated rings. The highest BCUT2D eigenvalue weighted by atomic mass is 35.5. The zero-order chi connectivity index (χ0) is 14.8. The zero-order valence-electron chi connectivity index (χ0n) is 12.3. The molecule has 2 aromatic heterocycles. The first kappa shape index (κ1) is 17.6. The van der Waals surface area contributed by atoms with Crippen LogP contribution in [0.4, 0.5) is 5.82 Å². The molecule has 0 spiro atoms. The molecule has 21 heavy (non-hydrogen) atoms. The van der Waals surface area contributed by atoms with Gasteiger partial charge in [-0.1, -0.05) is 20.8 Å². The number of nitrogens with two attached hydrogens (primary N) is 1. The summed E-state index contributed by atoms with van der Waals surface area (Å²) in [6, 6.07) is 1.85. The van der Waals surface area contributed by atoms with Crippen molar-refractivity contribution in [3.05, 3.63) is 27.8 Å². The Balaban J connectivity index is 0.00000220. The van der Waals surface area contributed by atoms with Gasteiger partial charge in [0.15, 0.2) is 5.82 Å². The Hall–Kier alpha value is -1.44. The van der Waals surface area contributed by atoms with Crippen molar-refractivity contribution in [1.82, 2.24) is 15.2 Å². The Morgan fingerprint density at radius 1 is 1.48 bits per heavy atom. The van der Waals surface area contributed by atoms with Gasteiger partial charge < -0.3 is 11.1 Å². The van der Waals surface area contributed by atoms with Gasteiger partial charge in [-0.3, -0.25) is 9.89 Å². The first-order valence-electron chi connectivity index (χ1n) is 6.37.